The number of rotatable bonds is 8. The lowest BCUT2D eigenvalue weighted by Crippen LogP contribution is -2.62. The number of hydrogen-bond donors (Lipinski definition) is 3. The van der Waals surface area contributed by atoms with E-state index in [-0.39, 0.29) is 17.0 Å². The molecular weight excluding hydrogens is 702 g/mol. The summed E-state index contributed by atoms with van der Waals surface area (Å²) in [6.07, 6.45) is -2.75. The molecular formula is C28H30Br2F2N4O7. The van der Waals surface area contributed by atoms with Crippen molar-refractivity contribution in [1.82, 2.24) is 15.0 Å². The second kappa shape index (κ2) is 13.2. The second-order valence-electron chi connectivity index (χ2n) is 10.4. The molecule has 2 heterocycles. The third kappa shape index (κ3) is 6.21. The van der Waals surface area contributed by atoms with Gasteiger partial charge in [0.05, 0.1) is 32.1 Å². The molecule has 15 heteroatoms. The van der Waals surface area contributed by atoms with Crippen LogP contribution in [0, 0.1) is 11.6 Å². The highest BCUT2D eigenvalue weighted by Gasteiger charge is 2.52. The van der Waals surface area contributed by atoms with E-state index in [1.54, 1.807) is 12.1 Å². The molecule has 0 bridgehead atoms. The van der Waals surface area contributed by atoms with Crippen LogP contribution in [0.5, 0.6) is 5.75 Å². The molecule has 1 aliphatic heterocycles. The Labute approximate surface area is 262 Å². The van der Waals surface area contributed by atoms with Crippen LogP contribution in [0.3, 0.4) is 0 Å². The molecule has 2 aliphatic rings. The molecule has 232 valence electrons. The van der Waals surface area contributed by atoms with Gasteiger partial charge in [-0.3, -0.25) is 4.79 Å². The summed E-state index contributed by atoms with van der Waals surface area (Å²) in [4.78, 5) is 15.9. The number of benzene rings is 2. The number of carbonyl (C=O) groups is 1. The summed E-state index contributed by atoms with van der Waals surface area (Å²) in [5, 5.41) is 40.4. The number of halogens is 4. The Kier molecular flexibility index (Phi) is 9.80. The van der Waals surface area contributed by atoms with E-state index in [0.717, 1.165) is 6.07 Å². The summed E-state index contributed by atoms with van der Waals surface area (Å²) in [6, 6.07) is 5.83. The number of methoxy groups -OCH3 is 2. The maximum Gasteiger partial charge on any atom is 0.259 e. The Morgan fingerprint density at radius 3 is 2.47 bits per heavy atom. The summed E-state index contributed by atoms with van der Waals surface area (Å²) < 4.78 is 47.5. The Balaban J connectivity index is 1.54. The average molecular weight is 732 g/mol. The van der Waals surface area contributed by atoms with Crippen LogP contribution in [0.15, 0.2) is 45.5 Å². The number of aliphatic hydroxyl groups excluding tert-OH is 3. The van der Waals surface area contributed by atoms with E-state index in [4.69, 9.17) is 14.2 Å². The maximum atomic E-state index is 14.4. The van der Waals surface area contributed by atoms with Crippen molar-refractivity contribution in [2.24, 2.45) is 0 Å². The minimum atomic E-state index is -1.40. The number of amides is 1. The lowest BCUT2D eigenvalue weighted by atomic mass is 9.91. The van der Waals surface area contributed by atoms with Crippen LogP contribution in [-0.2, 0) is 14.3 Å². The van der Waals surface area contributed by atoms with Gasteiger partial charge in [0, 0.05) is 27.3 Å². The SMILES string of the molecule is COc1cc(-c2cn([C@H]3[C@@H](O)[C@@H](CO)O[C@@H](C(=O)N(c4cc(Br)cc(Br)c4)[C@@H]4CCC[C@H]4O)[C@@H]3OC)nn2)cc(F)c1F. The highest BCUT2D eigenvalue weighted by molar-refractivity contribution is 9.11. The minimum Gasteiger partial charge on any atom is -0.494 e. The third-order valence-corrected chi connectivity index (χ3v) is 8.76. The predicted molar refractivity (Wildman–Crippen MR) is 156 cm³/mol. The van der Waals surface area contributed by atoms with Crippen LogP contribution in [-0.4, -0.2) is 93.6 Å². The fourth-order valence-corrected chi connectivity index (χ4v) is 7.06. The molecule has 0 radical (unpaired) electrons. The Bertz CT molecular complexity index is 1460. The lowest BCUT2D eigenvalue weighted by molar-refractivity contribution is -0.211. The van der Waals surface area contributed by atoms with Gasteiger partial charge in [-0.15, -0.1) is 5.10 Å². The predicted octanol–water partition coefficient (Wildman–Crippen LogP) is 3.38. The molecule has 1 saturated heterocycles. The van der Waals surface area contributed by atoms with E-state index >= 15 is 0 Å². The van der Waals surface area contributed by atoms with Gasteiger partial charge in [-0.2, -0.15) is 4.39 Å². The molecule has 0 spiro atoms. The van der Waals surface area contributed by atoms with Gasteiger partial charge in [0.2, 0.25) is 5.82 Å². The van der Waals surface area contributed by atoms with Crippen LogP contribution in [0.1, 0.15) is 25.3 Å². The molecule has 1 aromatic heterocycles. The van der Waals surface area contributed by atoms with Gasteiger partial charge >= 0.3 is 0 Å². The molecule has 3 N–H and O–H groups in total. The van der Waals surface area contributed by atoms with Gasteiger partial charge in [0.1, 0.15) is 30.0 Å². The van der Waals surface area contributed by atoms with Crippen molar-refractivity contribution < 1.29 is 43.1 Å². The van der Waals surface area contributed by atoms with Crippen molar-refractivity contribution in [3.63, 3.8) is 0 Å². The van der Waals surface area contributed by atoms with Crippen molar-refractivity contribution in [3.05, 3.63) is 57.1 Å². The van der Waals surface area contributed by atoms with Crippen LogP contribution in [0.4, 0.5) is 14.5 Å². The smallest absolute Gasteiger partial charge is 0.259 e. The van der Waals surface area contributed by atoms with Crippen LogP contribution >= 0.6 is 31.9 Å². The first-order valence-electron chi connectivity index (χ1n) is 13.5. The standard InChI is InChI=1S/C28H30Br2F2N4O7/c1-41-21-7-13(6-17(31)23(21)32)18-11-35(34-33-18)24-25(39)22(12-37)43-27(26(24)42-2)28(40)36(19-4-3-5-20(19)38)16-9-14(29)8-15(30)10-16/h6-11,19-20,22,24-27,37-39H,3-5,12H2,1-2H3/t19-,20-,22-,24+,25+,26-,27-/m1/s1. The van der Waals surface area contributed by atoms with Gasteiger partial charge in [-0.1, -0.05) is 37.1 Å². The van der Waals surface area contributed by atoms with E-state index in [1.165, 1.54) is 36.1 Å². The quantitative estimate of drug-likeness (QED) is 0.318. The van der Waals surface area contributed by atoms with E-state index in [9.17, 15) is 28.9 Å². The molecule has 2 fully saturated rings. The zero-order valence-corrected chi connectivity index (χ0v) is 26.3. The average Bonchev–Trinajstić information content (AvgIpc) is 3.63. The van der Waals surface area contributed by atoms with Gasteiger partial charge < -0.3 is 34.4 Å². The van der Waals surface area contributed by atoms with Gasteiger partial charge in [0.15, 0.2) is 17.7 Å². The summed E-state index contributed by atoms with van der Waals surface area (Å²) in [6.45, 7) is -0.631. The molecule has 3 aromatic rings. The number of anilines is 1. The fraction of sp³-hybridized carbons (Fsp3) is 0.464. The van der Waals surface area contributed by atoms with E-state index in [1.807, 2.05) is 6.07 Å². The van der Waals surface area contributed by atoms with Crippen LogP contribution < -0.4 is 9.64 Å². The molecule has 0 unspecified atom stereocenters. The molecule has 43 heavy (non-hydrogen) atoms. The first kappa shape index (κ1) is 31.9. The zero-order valence-electron chi connectivity index (χ0n) is 23.1. The van der Waals surface area contributed by atoms with Crippen molar-refractivity contribution in [1.29, 1.82) is 0 Å². The number of hydrogen-bond acceptors (Lipinski definition) is 9. The van der Waals surface area contributed by atoms with Crippen molar-refractivity contribution >= 4 is 43.5 Å². The summed E-state index contributed by atoms with van der Waals surface area (Å²) in [7, 11) is 2.54. The summed E-state index contributed by atoms with van der Waals surface area (Å²) in [5.41, 5.74) is 0.781. The first-order valence-corrected chi connectivity index (χ1v) is 15.1. The molecule has 11 nitrogen and oxygen atoms in total. The number of ether oxygens (including phenoxy) is 3. The largest absolute Gasteiger partial charge is 0.494 e. The van der Waals surface area contributed by atoms with Gasteiger partial charge in [0.25, 0.3) is 5.91 Å². The molecule has 1 saturated carbocycles. The molecule has 2 aromatic carbocycles. The van der Waals surface area contributed by atoms with Crippen LogP contribution in [0.2, 0.25) is 0 Å². The van der Waals surface area contributed by atoms with Crippen molar-refractivity contribution in [3.8, 4) is 17.0 Å². The topological polar surface area (TPSA) is 139 Å². The Morgan fingerprint density at radius 2 is 1.86 bits per heavy atom. The Morgan fingerprint density at radius 1 is 1.14 bits per heavy atom. The highest BCUT2D eigenvalue weighted by Crippen LogP contribution is 2.38. The van der Waals surface area contributed by atoms with E-state index in [2.05, 4.69) is 42.2 Å². The Hall–Kier alpha value is -2.53. The number of nitrogens with zero attached hydrogens (tertiary/aromatic N) is 4. The second-order valence-corrected chi connectivity index (χ2v) is 12.3. The molecule has 7 atom stereocenters. The fourth-order valence-electron chi connectivity index (χ4n) is 5.79. The van der Waals surface area contributed by atoms with E-state index in [0.29, 0.717) is 33.9 Å². The van der Waals surface area contributed by atoms with Crippen LogP contribution in [0.25, 0.3) is 11.3 Å². The number of aromatic nitrogens is 3. The van der Waals surface area contributed by atoms with Gasteiger partial charge in [-0.05, 0) is 49.6 Å². The molecule has 5 rings (SSSR count). The summed E-state index contributed by atoms with van der Waals surface area (Å²) >= 11 is 6.92. The third-order valence-electron chi connectivity index (χ3n) is 7.85. The molecule has 1 aliphatic carbocycles. The maximum absolute atomic E-state index is 14.4. The van der Waals surface area contributed by atoms with Crippen molar-refractivity contribution in [2.45, 2.75) is 61.9 Å². The number of aliphatic hydroxyl groups is 3. The van der Waals surface area contributed by atoms with Crippen molar-refractivity contribution in [2.75, 3.05) is 25.7 Å². The molecule has 1 amide bonds. The minimum absolute atomic E-state index is 0.129. The monoisotopic (exact) mass is 730 g/mol. The lowest BCUT2D eigenvalue weighted by Gasteiger charge is -2.45. The van der Waals surface area contributed by atoms with E-state index < -0.39 is 66.8 Å². The first-order chi connectivity index (χ1) is 20.6. The highest BCUT2D eigenvalue weighted by atomic mass is 79.9. The number of carbonyl (C=O) groups excluding carboxylic acids is 1. The van der Waals surface area contributed by atoms with Gasteiger partial charge in [-0.25, -0.2) is 9.07 Å². The zero-order chi connectivity index (χ0) is 31.0. The normalized spacial score (nSPS) is 27.3. The summed E-state index contributed by atoms with van der Waals surface area (Å²) in [5.74, 6) is -3.18.